The first kappa shape index (κ1) is 16.8. The molecule has 1 aliphatic carbocycles. The molecule has 0 bridgehead atoms. The average Bonchev–Trinajstić information content (AvgIpc) is 2.97. The number of aryl methyl sites for hydroxylation is 1. The maximum Gasteiger partial charge on any atom is 0.260 e. The maximum absolute atomic E-state index is 13.3. The number of unbranched alkanes of at least 4 members (excludes halogenated alkanes) is 3. The highest BCUT2D eigenvalue weighted by Crippen LogP contribution is 2.42. The summed E-state index contributed by atoms with van der Waals surface area (Å²) in [4.78, 5) is 25.1. The summed E-state index contributed by atoms with van der Waals surface area (Å²) in [5.74, 6) is -0.425. The number of alkyl halides is 1. The highest BCUT2D eigenvalue weighted by Gasteiger charge is 2.50. The van der Waals surface area contributed by atoms with E-state index in [-0.39, 0.29) is 11.7 Å². The van der Waals surface area contributed by atoms with Crippen molar-refractivity contribution >= 4 is 34.2 Å². The second-order valence-corrected chi connectivity index (χ2v) is 8.06. The Morgan fingerprint density at radius 1 is 1.12 bits per heavy atom. The molecule has 2 heterocycles. The first-order valence-corrected chi connectivity index (χ1v) is 9.91. The van der Waals surface area contributed by atoms with Crippen LogP contribution in [0.25, 0.3) is 10.9 Å². The van der Waals surface area contributed by atoms with Gasteiger partial charge in [0.1, 0.15) is 0 Å². The van der Waals surface area contributed by atoms with Crippen LogP contribution in [0.1, 0.15) is 78.3 Å². The number of carbonyl (C=O) groups excluding carboxylic acids is 2. The molecule has 25 heavy (non-hydrogen) atoms. The SMILES string of the molecule is CCCCCCC1(Cl)C(=O)c2cccc3c4c(n(c23)C1=O)CCCC4. The van der Waals surface area contributed by atoms with E-state index < -0.39 is 4.87 Å². The summed E-state index contributed by atoms with van der Waals surface area (Å²) >= 11 is 6.75. The maximum atomic E-state index is 13.3. The Labute approximate surface area is 153 Å². The van der Waals surface area contributed by atoms with Crippen molar-refractivity contribution in [1.82, 2.24) is 4.57 Å². The summed E-state index contributed by atoms with van der Waals surface area (Å²) in [6.07, 6.45) is 8.57. The van der Waals surface area contributed by atoms with Crippen LogP contribution in [-0.4, -0.2) is 21.1 Å². The zero-order valence-corrected chi connectivity index (χ0v) is 15.5. The predicted molar refractivity (Wildman–Crippen MR) is 101 cm³/mol. The van der Waals surface area contributed by atoms with Crippen molar-refractivity contribution in [3.05, 3.63) is 35.0 Å². The van der Waals surface area contributed by atoms with Gasteiger partial charge in [0.05, 0.1) is 5.52 Å². The molecule has 4 heteroatoms. The molecule has 132 valence electrons. The van der Waals surface area contributed by atoms with E-state index >= 15 is 0 Å². The van der Waals surface area contributed by atoms with Crippen molar-refractivity contribution in [2.75, 3.05) is 0 Å². The number of para-hydroxylation sites is 1. The van der Waals surface area contributed by atoms with E-state index in [0.29, 0.717) is 12.0 Å². The minimum atomic E-state index is -1.43. The quantitative estimate of drug-likeness (QED) is 0.413. The summed E-state index contributed by atoms with van der Waals surface area (Å²) in [7, 11) is 0. The third-order valence-corrected chi connectivity index (χ3v) is 6.34. The van der Waals surface area contributed by atoms with Gasteiger partial charge in [-0.05, 0) is 43.7 Å². The number of carbonyl (C=O) groups is 2. The van der Waals surface area contributed by atoms with Gasteiger partial charge in [0.25, 0.3) is 5.91 Å². The van der Waals surface area contributed by atoms with Crippen LogP contribution in [0.2, 0.25) is 0 Å². The van der Waals surface area contributed by atoms with Gasteiger partial charge < -0.3 is 0 Å². The molecule has 3 nitrogen and oxygen atoms in total. The molecule has 2 aliphatic rings. The number of rotatable bonds is 5. The van der Waals surface area contributed by atoms with Crippen LogP contribution in [0.3, 0.4) is 0 Å². The predicted octanol–water partition coefficient (Wildman–Crippen LogP) is 5.30. The summed E-state index contributed by atoms with van der Waals surface area (Å²) in [5.41, 5.74) is 3.76. The number of hydrogen-bond acceptors (Lipinski definition) is 2. The largest absolute Gasteiger partial charge is 0.291 e. The van der Waals surface area contributed by atoms with Crippen molar-refractivity contribution < 1.29 is 9.59 Å². The summed E-state index contributed by atoms with van der Waals surface area (Å²) in [6, 6.07) is 5.81. The second-order valence-electron chi connectivity index (χ2n) is 7.42. The van der Waals surface area contributed by atoms with Crippen molar-refractivity contribution in [3.8, 4) is 0 Å². The van der Waals surface area contributed by atoms with Crippen molar-refractivity contribution in [3.63, 3.8) is 0 Å². The first-order chi connectivity index (χ1) is 12.1. The lowest BCUT2D eigenvalue weighted by Crippen LogP contribution is -2.48. The zero-order chi connectivity index (χ0) is 17.6. The molecule has 0 amide bonds. The lowest BCUT2D eigenvalue weighted by molar-refractivity contribution is 0.0758. The molecule has 2 aromatic rings. The Morgan fingerprint density at radius 3 is 2.72 bits per heavy atom. The van der Waals surface area contributed by atoms with Crippen LogP contribution in [0.15, 0.2) is 18.2 Å². The van der Waals surface area contributed by atoms with E-state index in [9.17, 15) is 9.59 Å². The molecule has 0 fully saturated rings. The monoisotopic (exact) mass is 357 g/mol. The Morgan fingerprint density at radius 2 is 1.92 bits per heavy atom. The topological polar surface area (TPSA) is 39.1 Å². The fraction of sp³-hybridized carbons (Fsp3) is 0.524. The van der Waals surface area contributed by atoms with Crippen LogP contribution < -0.4 is 0 Å². The van der Waals surface area contributed by atoms with Gasteiger partial charge in [-0.25, -0.2) is 0 Å². The van der Waals surface area contributed by atoms with Gasteiger partial charge in [0, 0.05) is 16.6 Å². The van der Waals surface area contributed by atoms with Gasteiger partial charge in [0.2, 0.25) is 0 Å². The molecule has 0 radical (unpaired) electrons. The molecular weight excluding hydrogens is 334 g/mol. The Kier molecular flexibility index (Phi) is 4.23. The molecule has 4 rings (SSSR count). The van der Waals surface area contributed by atoms with Gasteiger partial charge >= 0.3 is 0 Å². The number of fused-ring (bicyclic) bond motifs is 3. The molecule has 1 unspecified atom stereocenters. The first-order valence-electron chi connectivity index (χ1n) is 9.53. The number of Topliss-reactive ketones (excluding diaryl/α,β-unsaturated/α-hetero) is 1. The fourth-order valence-corrected chi connectivity index (χ4v) is 4.82. The van der Waals surface area contributed by atoms with Crippen LogP contribution in [0.5, 0.6) is 0 Å². The van der Waals surface area contributed by atoms with Crippen molar-refractivity contribution in [1.29, 1.82) is 0 Å². The summed E-state index contributed by atoms with van der Waals surface area (Å²) in [5, 5.41) is 1.07. The number of benzene rings is 1. The van der Waals surface area contributed by atoms with E-state index in [0.717, 1.165) is 68.0 Å². The molecule has 1 aliphatic heterocycles. The number of ketones is 1. The Hall–Kier alpha value is -1.61. The number of hydrogen-bond donors (Lipinski definition) is 0. The molecule has 1 aromatic carbocycles. The Bertz CT molecular complexity index is 866. The van der Waals surface area contributed by atoms with Crippen LogP contribution in [0.4, 0.5) is 0 Å². The summed E-state index contributed by atoms with van der Waals surface area (Å²) in [6.45, 7) is 2.15. The molecule has 1 aromatic heterocycles. The smallest absolute Gasteiger partial charge is 0.260 e. The lowest BCUT2D eigenvalue weighted by Gasteiger charge is -2.30. The highest BCUT2D eigenvalue weighted by atomic mass is 35.5. The minimum Gasteiger partial charge on any atom is -0.291 e. The fourth-order valence-electron chi connectivity index (χ4n) is 4.50. The van der Waals surface area contributed by atoms with Gasteiger partial charge in [-0.3, -0.25) is 14.2 Å². The van der Waals surface area contributed by atoms with Gasteiger partial charge in [0.15, 0.2) is 10.7 Å². The number of aromatic nitrogens is 1. The van der Waals surface area contributed by atoms with E-state index in [1.54, 1.807) is 4.57 Å². The Balaban J connectivity index is 1.84. The number of nitrogens with zero attached hydrogens (tertiary/aromatic N) is 1. The van der Waals surface area contributed by atoms with E-state index in [1.165, 1.54) is 5.56 Å². The van der Waals surface area contributed by atoms with Gasteiger partial charge in [-0.1, -0.05) is 56.3 Å². The minimum absolute atomic E-state index is 0.205. The molecule has 0 spiro atoms. The van der Waals surface area contributed by atoms with E-state index in [4.69, 9.17) is 11.6 Å². The zero-order valence-electron chi connectivity index (χ0n) is 14.7. The normalized spacial score (nSPS) is 22.5. The second kappa shape index (κ2) is 6.28. The van der Waals surface area contributed by atoms with Crippen LogP contribution >= 0.6 is 11.6 Å². The average molecular weight is 358 g/mol. The molecule has 1 atom stereocenters. The lowest BCUT2D eigenvalue weighted by atomic mass is 9.87. The number of halogens is 1. The van der Waals surface area contributed by atoms with Gasteiger partial charge in [-0.15, -0.1) is 0 Å². The highest BCUT2D eigenvalue weighted by molar-refractivity contribution is 6.51. The van der Waals surface area contributed by atoms with Gasteiger partial charge in [-0.2, -0.15) is 0 Å². The van der Waals surface area contributed by atoms with Crippen molar-refractivity contribution in [2.45, 2.75) is 69.6 Å². The van der Waals surface area contributed by atoms with E-state index in [1.807, 2.05) is 18.2 Å². The van der Waals surface area contributed by atoms with Crippen molar-refractivity contribution in [2.24, 2.45) is 0 Å². The van der Waals surface area contributed by atoms with Crippen LogP contribution in [0, 0.1) is 0 Å². The molecule has 0 saturated carbocycles. The van der Waals surface area contributed by atoms with Crippen LogP contribution in [-0.2, 0) is 12.8 Å². The third kappa shape index (κ3) is 2.39. The molecular formula is C21H24ClNO2. The molecule has 0 N–H and O–H groups in total. The summed E-state index contributed by atoms with van der Waals surface area (Å²) < 4.78 is 1.80. The molecule has 0 saturated heterocycles. The third-order valence-electron chi connectivity index (χ3n) is 5.81. The standard InChI is InChI=1S/C21H24ClNO2/c1-2-3-4-7-13-21(22)19(24)16-11-8-10-15-14-9-5-6-12-17(14)23(18(15)16)20(21)25/h8,10-11H,2-7,9,12-13H2,1H3. The van der Waals surface area contributed by atoms with E-state index in [2.05, 4.69) is 6.92 Å².